The van der Waals surface area contributed by atoms with Gasteiger partial charge in [0.2, 0.25) is 0 Å². The van der Waals surface area contributed by atoms with Crippen LogP contribution in [0, 0.1) is 6.92 Å². The maximum absolute atomic E-state index is 12.4. The molecular formula is C21H17ClN2O5. The van der Waals surface area contributed by atoms with Crippen LogP contribution in [-0.4, -0.2) is 24.2 Å². The van der Waals surface area contributed by atoms with E-state index >= 15 is 0 Å². The topological polar surface area (TPSA) is 97.6 Å². The van der Waals surface area contributed by atoms with Gasteiger partial charge in [0, 0.05) is 16.1 Å². The molecular weight excluding hydrogens is 396 g/mol. The Morgan fingerprint density at radius 2 is 1.55 bits per heavy atom. The van der Waals surface area contributed by atoms with E-state index in [1.54, 1.807) is 55.5 Å². The molecule has 0 fully saturated rings. The smallest absolute Gasteiger partial charge is 0.276 e. The number of ether oxygens (including phenoxy) is 1. The number of hydrogen-bond acceptors (Lipinski definition) is 5. The SMILES string of the molecule is Cc1occc1C(=O)NNC(=O)COc1ccc(C(=O)c2ccc(Cl)cc2)cc1. The number of hydrazine groups is 1. The number of hydrogen-bond donors (Lipinski definition) is 2. The first-order chi connectivity index (χ1) is 13.9. The molecule has 2 N–H and O–H groups in total. The van der Waals surface area contributed by atoms with Gasteiger partial charge in [0.25, 0.3) is 11.8 Å². The highest BCUT2D eigenvalue weighted by molar-refractivity contribution is 6.30. The predicted molar refractivity (Wildman–Crippen MR) is 106 cm³/mol. The molecule has 0 saturated carbocycles. The summed E-state index contributed by atoms with van der Waals surface area (Å²) in [7, 11) is 0. The van der Waals surface area contributed by atoms with E-state index in [-0.39, 0.29) is 12.4 Å². The van der Waals surface area contributed by atoms with Crippen molar-refractivity contribution in [1.29, 1.82) is 0 Å². The Morgan fingerprint density at radius 1 is 0.931 bits per heavy atom. The third-order valence-electron chi connectivity index (χ3n) is 4.01. The molecule has 0 spiro atoms. The molecule has 0 bridgehead atoms. The molecule has 7 nitrogen and oxygen atoms in total. The number of ketones is 1. The fourth-order valence-corrected chi connectivity index (χ4v) is 2.60. The van der Waals surface area contributed by atoms with Crippen LogP contribution >= 0.6 is 11.6 Å². The van der Waals surface area contributed by atoms with Crippen LogP contribution in [0.2, 0.25) is 5.02 Å². The molecule has 3 rings (SSSR count). The lowest BCUT2D eigenvalue weighted by molar-refractivity contribution is -0.123. The van der Waals surface area contributed by atoms with Crippen LogP contribution in [0.1, 0.15) is 32.0 Å². The van der Waals surface area contributed by atoms with Crippen molar-refractivity contribution in [1.82, 2.24) is 10.9 Å². The number of halogens is 1. The summed E-state index contributed by atoms with van der Waals surface area (Å²) in [6, 6.07) is 14.5. The van der Waals surface area contributed by atoms with Gasteiger partial charge in [0.15, 0.2) is 12.4 Å². The van der Waals surface area contributed by atoms with E-state index in [9.17, 15) is 14.4 Å². The van der Waals surface area contributed by atoms with Crippen molar-refractivity contribution in [2.24, 2.45) is 0 Å². The second-order valence-electron chi connectivity index (χ2n) is 6.04. The van der Waals surface area contributed by atoms with Crippen molar-refractivity contribution >= 4 is 29.2 Å². The number of rotatable bonds is 6. The minimum Gasteiger partial charge on any atom is -0.484 e. The molecule has 1 heterocycles. The largest absolute Gasteiger partial charge is 0.484 e. The Labute approximate surface area is 171 Å². The monoisotopic (exact) mass is 412 g/mol. The molecule has 0 unspecified atom stereocenters. The summed E-state index contributed by atoms with van der Waals surface area (Å²) >= 11 is 5.83. The highest BCUT2D eigenvalue weighted by Crippen LogP contribution is 2.17. The van der Waals surface area contributed by atoms with Crippen LogP contribution in [0.15, 0.2) is 65.3 Å². The molecule has 2 aromatic carbocycles. The molecule has 0 radical (unpaired) electrons. The number of nitrogens with one attached hydrogen (secondary N) is 2. The van der Waals surface area contributed by atoms with E-state index in [2.05, 4.69) is 10.9 Å². The maximum atomic E-state index is 12.4. The first kappa shape index (κ1) is 20.2. The van der Waals surface area contributed by atoms with Gasteiger partial charge < -0.3 is 9.15 Å². The zero-order chi connectivity index (χ0) is 20.8. The van der Waals surface area contributed by atoms with E-state index in [0.29, 0.717) is 33.2 Å². The van der Waals surface area contributed by atoms with Crippen molar-refractivity contribution in [2.75, 3.05) is 6.61 Å². The average Bonchev–Trinajstić information content (AvgIpc) is 3.17. The van der Waals surface area contributed by atoms with Crippen molar-refractivity contribution in [3.8, 4) is 5.75 Å². The lowest BCUT2D eigenvalue weighted by atomic mass is 10.0. The minimum atomic E-state index is -0.541. The second-order valence-corrected chi connectivity index (χ2v) is 6.48. The van der Waals surface area contributed by atoms with Crippen LogP contribution in [0.3, 0.4) is 0 Å². The molecule has 1 aromatic heterocycles. The van der Waals surface area contributed by atoms with E-state index in [4.69, 9.17) is 20.8 Å². The molecule has 0 aliphatic rings. The van der Waals surface area contributed by atoms with Crippen LogP contribution < -0.4 is 15.6 Å². The average molecular weight is 413 g/mol. The summed E-state index contributed by atoms with van der Waals surface area (Å²) in [6.07, 6.45) is 1.39. The number of carbonyl (C=O) groups is 3. The zero-order valence-electron chi connectivity index (χ0n) is 15.4. The Bertz CT molecular complexity index is 1030. The van der Waals surface area contributed by atoms with Crippen molar-refractivity contribution < 1.29 is 23.5 Å². The third kappa shape index (κ3) is 5.24. The number of carbonyl (C=O) groups excluding carboxylic acids is 3. The van der Waals surface area contributed by atoms with Crippen molar-refractivity contribution in [3.05, 3.63) is 88.3 Å². The Morgan fingerprint density at radius 3 is 2.14 bits per heavy atom. The number of benzene rings is 2. The van der Waals surface area contributed by atoms with Crippen LogP contribution in [0.4, 0.5) is 0 Å². The normalized spacial score (nSPS) is 10.3. The fraction of sp³-hybridized carbons (Fsp3) is 0.0952. The van der Waals surface area contributed by atoms with E-state index < -0.39 is 11.8 Å². The quantitative estimate of drug-likeness (QED) is 0.478. The van der Waals surface area contributed by atoms with Crippen LogP contribution in [0.25, 0.3) is 0 Å². The third-order valence-corrected chi connectivity index (χ3v) is 4.26. The van der Waals surface area contributed by atoms with E-state index in [1.807, 2.05) is 0 Å². The molecule has 29 heavy (non-hydrogen) atoms. The van der Waals surface area contributed by atoms with Gasteiger partial charge in [-0.1, -0.05) is 11.6 Å². The molecule has 0 aliphatic heterocycles. The molecule has 0 aliphatic carbocycles. The summed E-state index contributed by atoms with van der Waals surface area (Å²) < 4.78 is 10.4. The van der Waals surface area contributed by atoms with Crippen molar-refractivity contribution in [3.63, 3.8) is 0 Å². The molecule has 0 saturated heterocycles. The first-order valence-electron chi connectivity index (χ1n) is 8.60. The fourth-order valence-electron chi connectivity index (χ4n) is 2.47. The predicted octanol–water partition coefficient (Wildman–Crippen LogP) is 3.31. The zero-order valence-corrected chi connectivity index (χ0v) is 16.2. The number of amides is 2. The maximum Gasteiger partial charge on any atom is 0.276 e. The van der Waals surface area contributed by atoms with Crippen LogP contribution in [-0.2, 0) is 4.79 Å². The summed E-state index contributed by atoms with van der Waals surface area (Å²) in [5.74, 6) is -0.329. The van der Waals surface area contributed by atoms with E-state index in [1.165, 1.54) is 12.3 Å². The summed E-state index contributed by atoms with van der Waals surface area (Å²) in [5, 5.41) is 0.555. The Kier molecular flexibility index (Phi) is 6.31. The summed E-state index contributed by atoms with van der Waals surface area (Å²) in [4.78, 5) is 36.1. The lowest BCUT2D eigenvalue weighted by Gasteiger charge is -2.09. The van der Waals surface area contributed by atoms with Gasteiger partial charge >= 0.3 is 0 Å². The Balaban J connectivity index is 1.49. The standard InChI is InChI=1S/C21H17ClN2O5/c1-13-18(10-11-28-13)21(27)24-23-19(25)12-29-17-8-4-15(5-9-17)20(26)14-2-6-16(22)7-3-14/h2-11H,12H2,1H3,(H,23,25)(H,24,27). The summed E-state index contributed by atoms with van der Waals surface area (Å²) in [6.45, 7) is 1.33. The minimum absolute atomic E-state index is 0.150. The van der Waals surface area contributed by atoms with Gasteiger partial charge in [-0.3, -0.25) is 25.2 Å². The molecule has 8 heteroatoms. The Hall–Kier alpha value is -3.58. The second kappa shape index (κ2) is 9.07. The summed E-state index contributed by atoms with van der Waals surface area (Å²) in [5.41, 5.74) is 5.85. The molecule has 2 amide bonds. The van der Waals surface area contributed by atoms with Crippen LogP contribution in [0.5, 0.6) is 5.75 Å². The number of aryl methyl sites for hydroxylation is 1. The van der Waals surface area contributed by atoms with Gasteiger partial charge in [-0.15, -0.1) is 0 Å². The molecule has 148 valence electrons. The lowest BCUT2D eigenvalue weighted by Crippen LogP contribution is -2.43. The van der Waals surface area contributed by atoms with Gasteiger partial charge in [-0.05, 0) is 61.5 Å². The van der Waals surface area contributed by atoms with Gasteiger partial charge in [-0.25, -0.2) is 0 Å². The highest BCUT2D eigenvalue weighted by Gasteiger charge is 2.13. The molecule has 0 atom stereocenters. The van der Waals surface area contributed by atoms with Gasteiger partial charge in [-0.2, -0.15) is 0 Å². The van der Waals surface area contributed by atoms with Crippen molar-refractivity contribution in [2.45, 2.75) is 6.92 Å². The molecule has 3 aromatic rings. The van der Waals surface area contributed by atoms with Gasteiger partial charge in [0.05, 0.1) is 11.8 Å². The first-order valence-corrected chi connectivity index (χ1v) is 8.98. The van der Waals surface area contributed by atoms with Gasteiger partial charge in [0.1, 0.15) is 11.5 Å². The highest BCUT2D eigenvalue weighted by atomic mass is 35.5. The number of furan rings is 1. The van der Waals surface area contributed by atoms with E-state index in [0.717, 1.165) is 0 Å².